The second-order valence-corrected chi connectivity index (χ2v) is 4.65. The summed E-state index contributed by atoms with van der Waals surface area (Å²) in [6.45, 7) is 0.195. The summed E-state index contributed by atoms with van der Waals surface area (Å²) in [5, 5.41) is 1.81. The number of nitrogens with zero attached hydrogens (tertiary/aromatic N) is 1. The zero-order valence-corrected chi connectivity index (χ0v) is 9.14. The molecule has 0 spiro atoms. The van der Waals surface area contributed by atoms with Crippen LogP contribution in [0.1, 0.15) is 23.8 Å². The fourth-order valence-electron chi connectivity index (χ4n) is 1.95. The van der Waals surface area contributed by atoms with E-state index in [0.29, 0.717) is 12.8 Å². The Morgan fingerprint density at radius 3 is 2.81 bits per heavy atom. The maximum Gasteiger partial charge on any atom is 0.471 e. The zero-order valence-electron chi connectivity index (χ0n) is 8.33. The molecule has 2 heterocycles. The Morgan fingerprint density at radius 1 is 1.50 bits per heavy atom. The predicted molar refractivity (Wildman–Crippen MR) is 54.1 cm³/mol. The number of hydrogen-bond donors (Lipinski definition) is 0. The average Bonchev–Trinajstić information content (AvgIpc) is 2.85. The Bertz CT molecular complexity index is 374. The lowest BCUT2D eigenvalue weighted by Gasteiger charge is -2.24. The summed E-state index contributed by atoms with van der Waals surface area (Å²) >= 11 is 1.39. The predicted octanol–water partition coefficient (Wildman–Crippen LogP) is 2.97. The first-order valence-electron chi connectivity index (χ1n) is 4.91. The van der Waals surface area contributed by atoms with Crippen molar-refractivity contribution in [2.24, 2.45) is 0 Å². The highest BCUT2D eigenvalue weighted by Crippen LogP contribution is 2.36. The lowest BCUT2D eigenvalue weighted by Crippen LogP contribution is -2.40. The molecule has 0 aromatic carbocycles. The molecule has 0 aliphatic carbocycles. The number of halogens is 3. The highest BCUT2D eigenvalue weighted by Gasteiger charge is 2.46. The Labute approximate surface area is 94.7 Å². The molecule has 1 aromatic heterocycles. The molecule has 6 heteroatoms. The number of carbonyl (C=O) groups is 1. The SMILES string of the molecule is O=C(N1CCCC1c1cccs1)C(F)(F)F. The molecule has 1 aliphatic rings. The molecule has 1 fully saturated rings. The van der Waals surface area contributed by atoms with Crippen LogP contribution in [0.2, 0.25) is 0 Å². The van der Waals surface area contributed by atoms with Crippen molar-refractivity contribution in [1.29, 1.82) is 0 Å². The quantitative estimate of drug-likeness (QED) is 0.749. The van der Waals surface area contributed by atoms with E-state index in [1.807, 2.05) is 5.38 Å². The van der Waals surface area contributed by atoms with Gasteiger partial charge in [0.1, 0.15) is 0 Å². The first-order chi connectivity index (χ1) is 7.50. The van der Waals surface area contributed by atoms with E-state index in [9.17, 15) is 18.0 Å². The van der Waals surface area contributed by atoms with Gasteiger partial charge < -0.3 is 4.90 Å². The van der Waals surface area contributed by atoms with Crippen LogP contribution in [0.15, 0.2) is 17.5 Å². The Kier molecular flexibility index (Phi) is 2.92. The lowest BCUT2D eigenvalue weighted by molar-refractivity contribution is -0.186. The second-order valence-electron chi connectivity index (χ2n) is 3.67. The Morgan fingerprint density at radius 2 is 2.25 bits per heavy atom. The van der Waals surface area contributed by atoms with E-state index >= 15 is 0 Å². The van der Waals surface area contributed by atoms with E-state index in [-0.39, 0.29) is 6.54 Å². The van der Waals surface area contributed by atoms with Gasteiger partial charge in [-0.05, 0) is 24.3 Å². The van der Waals surface area contributed by atoms with Gasteiger partial charge in [-0.1, -0.05) is 6.07 Å². The van der Waals surface area contributed by atoms with Crippen molar-refractivity contribution in [3.8, 4) is 0 Å². The minimum absolute atomic E-state index is 0.195. The van der Waals surface area contributed by atoms with E-state index in [2.05, 4.69) is 0 Å². The molecule has 16 heavy (non-hydrogen) atoms. The van der Waals surface area contributed by atoms with Crippen LogP contribution in [0, 0.1) is 0 Å². The average molecular weight is 249 g/mol. The molecule has 0 bridgehead atoms. The zero-order chi connectivity index (χ0) is 11.8. The minimum Gasteiger partial charge on any atom is -0.327 e. The number of likely N-dealkylation sites (tertiary alicyclic amines) is 1. The molecule has 1 amide bonds. The van der Waals surface area contributed by atoms with Gasteiger partial charge in [0.2, 0.25) is 0 Å². The molecular formula is C10H10F3NOS. The summed E-state index contributed by atoms with van der Waals surface area (Å²) in [6.07, 6.45) is -3.52. The fraction of sp³-hybridized carbons (Fsp3) is 0.500. The number of thiophene rings is 1. The van der Waals surface area contributed by atoms with Gasteiger partial charge in [-0.15, -0.1) is 11.3 Å². The van der Waals surface area contributed by atoms with Crippen LogP contribution in [0.4, 0.5) is 13.2 Å². The third kappa shape index (κ3) is 2.07. The molecule has 1 atom stereocenters. The van der Waals surface area contributed by atoms with Gasteiger partial charge in [-0.25, -0.2) is 0 Å². The molecule has 0 saturated carbocycles. The molecule has 2 nitrogen and oxygen atoms in total. The van der Waals surface area contributed by atoms with Crippen molar-refractivity contribution < 1.29 is 18.0 Å². The van der Waals surface area contributed by atoms with Crippen LogP contribution in [0.25, 0.3) is 0 Å². The van der Waals surface area contributed by atoms with Crippen LogP contribution in [0.5, 0.6) is 0 Å². The lowest BCUT2D eigenvalue weighted by atomic mass is 10.2. The van der Waals surface area contributed by atoms with Crippen molar-refractivity contribution in [3.05, 3.63) is 22.4 Å². The van der Waals surface area contributed by atoms with Crippen LogP contribution >= 0.6 is 11.3 Å². The Balaban J connectivity index is 2.19. The maximum absolute atomic E-state index is 12.3. The monoisotopic (exact) mass is 249 g/mol. The van der Waals surface area contributed by atoms with Crippen LogP contribution < -0.4 is 0 Å². The normalized spacial score (nSPS) is 21.4. The van der Waals surface area contributed by atoms with Gasteiger partial charge in [0, 0.05) is 11.4 Å². The van der Waals surface area contributed by atoms with Crippen LogP contribution in [-0.4, -0.2) is 23.5 Å². The summed E-state index contributed by atoms with van der Waals surface area (Å²) in [6, 6.07) is 3.17. The fourth-order valence-corrected chi connectivity index (χ4v) is 2.82. The van der Waals surface area contributed by atoms with Gasteiger partial charge in [-0.3, -0.25) is 4.79 Å². The van der Waals surface area contributed by atoms with E-state index in [1.165, 1.54) is 11.3 Å². The van der Waals surface area contributed by atoms with E-state index in [4.69, 9.17) is 0 Å². The van der Waals surface area contributed by atoms with Gasteiger partial charge in [0.25, 0.3) is 0 Å². The molecule has 88 valence electrons. The molecule has 2 rings (SSSR count). The summed E-state index contributed by atoms with van der Waals surface area (Å²) in [5.74, 6) is -1.72. The van der Waals surface area contributed by atoms with Crippen LogP contribution in [0.3, 0.4) is 0 Å². The molecule has 1 aromatic rings. The number of alkyl halides is 3. The van der Waals surface area contributed by atoms with E-state index < -0.39 is 18.1 Å². The van der Waals surface area contributed by atoms with Crippen molar-refractivity contribution in [2.75, 3.05) is 6.54 Å². The van der Waals surface area contributed by atoms with Crippen molar-refractivity contribution in [2.45, 2.75) is 25.1 Å². The molecule has 0 radical (unpaired) electrons. The number of carbonyl (C=O) groups excluding carboxylic acids is 1. The van der Waals surface area contributed by atoms with Crippen LogP contribution in [-0.2, 0) is 4.79 Å². The van der Waals surface area contributed by atoms with Crippen molar-refractivity contribution >= 4 is 17.2 Å². The molecule has 1 saturated heterocycles. The molecule has 0 N–H and O–H groups in total. The maximum atomic E-state index is 12.3. The van der Waals surface area contributed by atoms with Gasteiger partial charge in [0.15, 0.2) is 0 Å². The van der Waals surface area contributed by atoms with Gasteiger partial charge in [0.05, 0.1) is 6.04 Å². The largest absolute Gasteiger partial charge is 0.471 e. The highest BCUT2D eigenvalue weighted by molar-refractivity contribution is 7.10. The first-order valence-corrected chi connectivity index (χ1v) is 5.79. The molecule has 1 aliphatic heterocycles. The number of amides is 1. The second kappa shape index (κ2) is 4.08. The summed E-state index contributed by atoms with van der Waals surface area (Å²) in [4.78, 5) is 12.9. The summed E-state index contributed by atoms with van der Waals surface area (Å²) in [7, 11) is 0. The van der Waals surface area contributed by atoms with Crippen molar-refractivity contribution in [3.63, 3.8) is 0 Å². The Hall–Kier alpha value is -1.04. The third-order valence-corrected chi connectivity index (χ3v) is 3.60. The molecular weight excluding hydrogens is 239 g/mol. The van der Waals surface area contributed by atoms with E-state index in [1.54, 1.807) is 12.1 Å². The van der Waals surface area contributed by atoms with Crippen molar-refractivity contribution in [1.82, 2.24) is 4.90 Å². The standard InChI is InChI=1S/C10H10F3NOS/c11-10(12,13)9(15)14-5-1-3-7(14)8-4-2-6-16-8/h2,4,6-7H,1,3,5H2. The third-order valence-electron chi connectivity index (χ3n) is 2.63. The smallest absolute Gasteiger partial charge is 0.327 e. The number of hydrogen-bond acceptors (Lipinski definition) is 2. The summed E-state index contributed by atoms with van der Waals surface area (Å²) in [5.41, 5.74) is 0. The first kappa shape index (κ1) is 11.4. The van der Waals surface area contributed by atoms with Gasteiger partial charge in [-0.2, -0.15) is 13.2 Å². The number of rotatable bonds is 1. The summed E-state index contributed by atoms with van der Waals surface area (Å²) < 4.78 is 37.0. The highest BCUT2D eigenvalue weighted by atomic mass is 32.1. The minimum atomic E-state index is -4.76. The van der Waals surface area contributed by atoms with E-state index in [0.717, 1.165) is 9.78 Å². The molecule has 1 unspecified atom stereocenters. The topological polar surface area (TPSA) is 20.3 Å². The van der Waals surface area contributed by atoms with Gasteiger partial charge >= 0.3 is 12.1 Å².